The summed E-state index contributed by atoms with van der Waals surface area (Å²) in [7, 11) is 0. The molecule has 2 aromatic rings. The average molecular weight is 340 g/mol. The molecule has 0 bridgehead atoms. The molecule has 1 aliphatic rings. The summed E-state index contributed by atoms with van der Waals surface area (Å²) in [5.41, 5.74) is 2.02. The molecule has 132 valence electrons. The van der Waals surface area contributed by atoms with Crippen LogP contribution in [-0.4, -0.2) is 24.3 Å². The first-order valence-corrected chi connectivity index (χ1v) is 8.63. The summed E-state index contributed by atoms with van der Waals surface area (Å²) in [6.45, 7) is 2.24. The van der Waals surface area contributed by atoms with Crippen LogP contribution >= 0.6 is 0 Å². The second-order valence-corrected chi connectivity index (χ2v) is 6.40. The van der Waals surface area contributed by atoms with E-state index in [0.717, 1.165) is 29.8 Å². The van der Waals surface area contributed by atoms with Crippen LogP contribution in [0.3, 0.4) is 0 Å². The summed E-state index contributed by atoms with van der Waals surface area (Å²) in [6, 6.07) is 17.3. The van der Waals surface area contributed by atoms with Crippen molar-refractivity contribution < 1.29 is 14.6 Å². The third-order valence-electron chi connectivity index (χ3n) is 4.54. The van der Waals surface area contributed by atoms with Crippen molar-refractivity contribution in [3.8, 4) is 0 Å². The fraction of sp³-hybridized carbons (Fsp3) is 0.350. The number of alkyl carbamates (subject to hydrolysis) is 1. The molecule has 3 rings (SSSR count). The van der Waals surface area contributed by atoms with E-state index in [1.165, 1.54) is 0 Å². The van der Waals surface area contributed by atoms with Gasteiger partial charge in [0, 0.05) is 6.54 Å². The minimum atomic E-state index is -0.783. The van der Waals surface area contributed by atoms with Gasteiger partial charge < -0.3 is 20.5 Å². The van der Waals surface area contributed by atoms with E-state index in [0.29, 0.717) is 19.4 Å². The van der Waals surface area contributed by atoms with Gasteiger partial charge in [0.1, 0.15) is 6.61 Å². The third-order valence-corrected chi connectivity index (χ3v) is 4.54. The van der Waals surface area contributed by atoms with E-state index < -0.39 is 11.7 Å². The van der Waals surface area contributed by atoms with Crippen molar-refractivity contribution in [2.75, 3.05) is 13.1 Å². The summed E-state index contributed by atoms with van der Waals surface area (Å²) in [5.74, 6) is 0. The number of ether oxygens (including phenoxy) is 1. The topological polar surface area (TPSA) is 70.6 Å². The summed E-state index contributed by atoms with van der Waals surface area (Å²) < 4.78 is 5.21. The summed E-state index contributed by atoms with van der Waals surface area (Å²) in [4.78, 5) is 11.8. The fourth-order valence-corrected chi connectivity index (χ4v) is 3.05. The standard InChI is InChI=1S/C20H24N2O3/c23-19(25-15-16-5-2-1-3-6-16)22-14-17-7-4-8-18(13-17)20(24)9-11-21-12-10-20/h1-8,13,21,24H,9-12,14-15H2,(H,22,23). The van der Waals surface area contributed by atoms with Crippen molar-refractivity contribution in [3.05, 3.63) is 71.3 Å². The molecule has 0 spiro atoms. The zero-order valence-corrected chi connectivity index (χ0v) is 14.2. The molecule has 5 nitrogen and oxygen atoms in total. The lowest BCUT2D eigenvalue weighted by atomic mass is 9.84. The van der Waals surface area contributed by atoms with E-state index in [4.69, 9.17) is 4.74 Å². The normalized spacial score (nSPS) is 16.2. The number of piperidine rings is 1. The van der Waals surface area contributed by atoms with E-state index in [9.17, 15) is 9.90 Å². The van der Waals surface area contributed by atoms with Crippen LogP contribution in [0.15, 0.2) is 54.6 Å². The Morgan fingerprint density at radius 3 is 2.56 bits per heavy atom. The molecule has 1 heterocycles. The Morgan fingerprint density at radius 1 is 1.08 bits per heavy atom. The molecule has 0 radical (unpaired) electrons. The smallest absolute Gasteiger partial charge is 0.407 e. The molecule has 2 aromatic carbocycles. The lowest BCUT2D eigenvalue weighted by molar-refractivity contribution is 0.00587. The molecule has 1 saturated heterocycles. The van der Waals surface area contributed by atoms with Gasteiger partial charge in [-0.15, -0.1) is 0 Å². The molecule has 5 heteroatoms. The second-order valence-electron chi connectivity index (χ2n) is 6.40. The molecule has 0 saturated carbocycles. The Hall–Kier alpha value is -2.37. The van der Waals surface area contributed by atoms with Gasteiger partial charge in [-0.1, -0.05) is 54.6 Å². The van der Waals surface area contributed by atoms with Gasteiger partial charge in [-0.05, 0) is 42.6 Å². The predicted molar refractivity (Wildman–Crippen MR) is 95.9 cm³/mol. The van der Waals surface area contributed by atoms with Gasteiger partial charge in [-0.2, -0.15) is 0 Å². The van der Waals surface area contributed by atoms with Crippen LogP contribution in [0.4, 0.5) is 4.79 Å². The highest BCUT2D eigenvalue weighted by Crippen LogP contribution is 2.30. The Bertz CT molecular complexity index is 697. The molecule has 3 N–H and O–H groups in total. The molecule has 0 aromatic heterocycles. The van der Waals surface area contributed by atoms with Crippen LogP contribution < -0.4 is 10.6 Å². The number of nitrogens with one attached hydrogen (secondary N) is 2. The first kappa shape index (κ1) is 17.5. The maximum Gasteiger partial charge on any atom is 0.407 e. The first-order chi connectivity index (χ1) is 12.2. The van der Waals surface area contributed by atoms with Crippen LogP contribution in [0.2, 0.25) is 0 Å². The van der Waals surface area contributed by atoms with Crippen molar-refractivity contribution in [2.24, 2.45) is 0 Å². The van der Waals surface area contributed by atoms with Crippen molar-refractivity contribution in [2.45, 2.75) is 31.6 Å². The van der Waals surface area contributed by atoms with Crippen LogP contribution in [0.25, 0.3) is 0 Å². The number of carbonyl (C=O) groups excluding carboxylic acids is 1. The van der Waals surface area contributed by atoms with Gasteiger partial charge in [0.15, 0.2) is 0 Å². The van der Waals surface area contributed by atoms with Gasteiger partial charge >= 0.3 is 6.09 Å². The fourth-order valence-electron chi connectivity index (χ4n) is 3.05. The van der Waals surface area contributed by atoms with Gasteiger partial charge in [0.25, 0.3) is 0 Å². The minimum Gasteiger partial charge on any atom is -0.445 e. The van der Waals surface area contributed by atoms with Crippen molar-refractivity contribution in [3.63, 3.8) is 0 Å². The van der Waals surface area contributed by atoms with Crippen LogP contribution in [0.1, 0.15) is 29.5 Å². The number of rotatable bonds is 5. The quantitative estimate of drug-likeness (QED) is 0.783. The van der Waals surface area contributed by atoms with E-state index in [2.05, 4.69) is 10.6 Å². The van der Waals surface area contributed by atoms with Crippen LogP contribution in [-0.2, 0) is 23.5 Å². The number of hydrogen-bond acceptors (Lipinski definition) is 4. The van der Waals surface area contributed by atoms with Crippen molar-refractivity contribution in [1.82, 2.24) is 10.6 Å². The molecule has 0 unspecified atom stereocenters. The molecule has 1 aliphatic heterocycles. The molecule has 1 fully saturated rings. The molecular formula is C20H24N2O3. The second kappa shape index (κ2) is 8.14. The molecule has 25 heavy (non-hydrogen) atoms. The SMILES string of the molecule is O=C(NCc1cccc(C2(O)CCNCC2)c1)OCc1ccccc1. The Kier molecular flexibility index (Phi) is 5.68. The number of carbonyl (C=O) groups is 1. The number of amides is 1. The van der Waals surface area contributed by atoms with Gasteiger partial charge in [0.2, 0.25) is 0 Å². The average Bonchev–Trinajstić information content (AvgIpc) is 2.66. The highest BCUT2D eigenvalue weighted by molar-refractivity contribution is 5.67. The Labute approximate surface area is 148 Å². The zero-order valence-electron chi connectivity index (χ0n) is 14.2. The van der Waals surface area contributed by atoms with E-state index in [1.54, 1.807) is 0 Å². The van der Waals surface area contributed by atoms with Crippen molar-refractivity contribution in [1.29, 1.82) is 0 Å². The predicted octanol–water partition coefficient (Wildman–Crippen LogP) is 2.68. The lowest BCUT2D eigenvalue weighted by Gasteiger charge is -2.33. The highest BCUT2D eigenvalue weighted by atomic mass is 16.5. The maximum absolute atomic E-state index is 11.8. The summed E-state index contributed by atoms with van der Waals surface area (Å²) in [6.07, 6.45) is 0.946. The van der Waals surface area contributed by atoms with E-state index >= 15 is 0 Å². The maximum atomic E-state index is 11.8. The van der Waals surface area contributed by atoms with Gasteiger partial charge in [-0.25, -0.2) is 4.79 Å². The minimum absolute atomic E-state index is 0.249. The zero-order chi connectivity index (χ0) is 17.5. The first-order valence-electron chi connectivity index (χ1n) is 8.63. The molecule has 0 atom stereocenters. The lowest BCUT2D eigenvalue weighted by Crippen LogP contribution is -2.39. The summed E-state index contributed by atoms with van der Waals surface area (Å²) in [5, 5.41) is 16.8. The highest BCUT2D eigenvalue weighted by Gasteiger charge is 2.31. The van der Waals surface area contributed by atoms with Gasteiger partial charge in [0.05, 0.1) is 5.60 Å². The molecular weight excluding hydrogens is 316 g/mol. The van der Waals surface area contributed by atoms with Crippen LogP contribution in [0.5, 0.6) is 0 Å². The summed E-state index contributed by atoms with van der Waals surface area (Å²) >= 11 is 0. The van der Waals surface area contributed by atoms with E-state index in [1.807, 2.05) is 54.6 Å². The van der Waals surface area contributed by atoms with Gasteiger partial charge in [-0.3, -0.25) is 0 Å². The van der Waals surface area contributed by atoms with Crippen LogP contribution in [0, 0.1) is 0 Å². The third kappa shape index (κ3) is 4.81. The number of hydrogen-bond donors (Lipinski definition) is 3. The Morgan fingerprint density at radius 2 is 1.80 bits per heavy atom. The Balaban J connectivity index is 1.53. The number of aliphatic hydroxyl groups is 1. The molecule has 1 amide bonds. The molecule has 0 aliphatic carbocycles. The number of benzene rings is 2. The monoisotopic (exact) mass is 340 g/mol. The largest absolute Gasteiger partial charge is 0.445 e. The van der Waals surface area contributed by atoms with E-state index in [-0.39, 0.29) is 6.61 Å². The van der Waals surface area contributed by atoms with Crippen molar-refractivity contribution >= 4 is 6.09 Å².